The van der Waals surface area contributed by atoms with Crippen molar-refractivity contribution in [3.8, 4) is 0 Å². The van der Waals surface area contributed by atoms with Gasteiger partial charge in [-0.1, -0.05) is 19.9 Å². The maximum atomic E-state index is 4.51. The Labute approximate surface area is 96.7 Å². The van der Waals surface area contributed by atoms with Crippen molar-refractivity contribution in [2.45, 2.75) is 27.2 Å². The molecule has 2 heteroatoms. The van der Waals surface area contributed by atoms with Gasteiger partial charge in [0.1, 0.15) is 0 Å². The van der Waals surface area contributed by atoms with Crippen LogP contribution in [0.5, 0.6) is 0 Å². The molecule has 3 rings (SSSR count). The van der Waals surface area contributed by atoms with Crippen LogP contribution in [0.15, 0.2) is 24.3 Å². The van der Waals surface area contributed by atoms with Crippen molar-refractivity contribution in [1.29, 1.82) is 0 Å². The zero-order valence-electron chi connectivity index (χ0n) is 10.2. The lowest BCUT2D eigenvalue weighted by Crippen LogP contribution is -1.91. The van der Waals surface area contributed by atoms with Crippen LogP contribution in [-0.2, 0) is 6.42 Å². The van der Waals surface area contributed by atoms with Gasteiger partial charge in [0, 0.05) is 23.3 Å². The Morgan fingerprint density at radius 3 is 2.81 bits per heavy atom. The fourth-order valence-corrected chi connectivity index (χ4v) is 2.02. The lowest BCUT2D eigenvalue weighted by Gasteiger charge is -2.03. The Morgan fingerprint density at radius 2 is 2.00 bits per heavy atom. The van der Waals surface area contributed by atoms with Crippen LogP contribution in [0.25, 0.3) is 10.9 Å². The maximum Gasteiger partial charge on any atom is 0.0725 e. The van der Waals surface area contributed by atoms with Crippen molar-refractivity contribution >= 4 is 16.6 Å². The maximum absolute atomic E-state index is 4.51. The normalized spacial score (nSPS) is 12.7. The standard InChI is InChI=1S/C12H12N2.C2H6/c1-8-2-3-9-6-10-4-5-13-11(10)7-12(9)14-8;1-2/h2-3,6-7,13H,4-5H2,1H3;1-2H3. The van der Waals surface area contributed by atoms with Gasteiger partial charge in [-0.05, 0) is 37.1 Å². The second-order valence-corrected chi connectivity index (χ2v) is 3.83. The van der Waals surface area contributed by atoms with Crippen LogP contribution in [0.3, 0.4) is 0 Å². The van der Waals surface area contributed by atoms with E-state index >= 15 is 0 Å². The first kappa shape index (κ1) is 10.9. The molecular weight excluding hydrogens is 196 g/mol. The highest BCUT2D eigenvalue weighted by Crippen LogP contribution is 2.27. The number of nitrogens with zero attached hydrogens (tertiary/aromatic N) is 1. The van der Waals surface area contributed by atoms with Gasteiger partial charge in [0.2, 0.25) is 0 Å². The Morgan fingerprint density at radius 1 is 1.19 bits per heavy atom. The van der Waals surface area contributed by atoms with E-state index in [0.29, 0.717) is 0 Å². The summed E-state index contributed by atoms with van der Waals surface area (Å²) in [6.07, 6.45) is 1.14. The fraction of sp³-hybridized carbons (Fsp3) is 0.357. The van der Waals surface area contributed by atoms with Crippen LogP contribution < -0.4 is 5.32 Å². The first-order chi connectivity index (χ1) is 7.83. The molecule has 0 aliphatic carbocycles. The molecular formula is C14H18N2. The SMILES string of the molecule is CC.Cc1ccc2cc3c(cc2n1)NCC3. The average Bonchev–Trinajstić information content (AvgIpc) is 2.75. The molecule has 0 unspecified atom stereocenters. The third kappa shape index (κ3) is 1.87. The third-order valence-corrected chi connectivity index (χ3v) is 2.76. The first-order valence-corrected chi connectivity index (χ1v) is 5.97. The predicted molar refractivity (Wildman–Crippen MR) is 70.0 cm³/mol. The third-order valence-electron chi connectivity index (χ3n) is 2.76. The molecule has 2 nitrogen and oxygen atoms in total. The van der Waals surface area contributed by atoms with Gasteiger partial charge in [-0.25, -0.2) is 0 Å². The number of pyridine rings is 1. The number of benzene rings is 1. The molecule has 16 heavy (non-hydrogen) atoms. The molecule has 1 aromatic heterocycles. The molecule has 0 spiro atoms. The zero-order valence-corrected chi connectivity index (χ0v) is 10.2. The van der Waals surface area contributed by atoms with Crippen molar-refractivity contribution in [2.24, 2.45) is 0 Å². The number of nitrogens with one attached hydrogen (secondary N) is 1. The number of rotatable bonds is 0. The fourth-order valence-electron chi connectivity index (χ4n) is 2.02. The van der Waals surface area contributed by atoms with Gasteiger partial charge in [-0.3, -0.25) is 4.98 Å². The summed E-state index contributed by atoms with van der Waals surface area (Å²) >= 11 is 0. The van der Waals surface area contributed by atoms with Crippen LogP contribution in [0.4, 0.5) is 5.69 Å². The smallest absolute Gasteiger partial charge is 0.0725 e. The van der Waals surface area contributed by atoms with Crippen molar-refractivity contribution in [2.75, 3.05) is 11.9 Å². The second kappa shape index (κ2) is 4.52. The molecule has 1 N–H and O–H groups in total. The first-order valence-electron chi connectivity index (χ1n) is 5.97. The minimum atomic E-state index is 1.06. The number of aromatic nitrogens is 1. The van der Waals surface area contributed by atoms with Gasteiger partial charge in [0.25, 0.3) is 0 Å². The molecule has 0 fully saturated rings. The molecule has 0 atom stereocenters. The summed E-state index contributed by atoms with van der Waals surface area (Å²) in [5.41, 5.74) is 4.85. The van der Waals surface area contributed by atoms with E-state index in [1.807, 2.05) is 20.8 Å². The van der Waals surface area contributed by atoms with Crippen LogP contribution in [0, 0.1) is 6.92 Å². The van der Waals surface area contributed by atoms with Crippen LogP contribution in [-0.4, -0.2) is 11.5 Å². The van der Waals surface area contributed by atoms with Crippen LogP contribution in [0.1, 0.15) is 25.1 Å². The summed E-state index contributed by atoms with van der Waals surface area (Å²) in [5, 5.41) is 4.62. The van der Waals surface area contributed by atoms with Crippen molar-refractivity contribution in [3.63, 3.8) is 0 Å². The molecule has 2 heterocycles. The number of anilines is 1. The van der Waals surface area contributed by atoms with E-state index in [4.69, 9.17) is 0 Å². The topological polar surface area (TPSA) is 24.9 Å². The van der Waals surface area contributed by atoms with E-state index in [-0.39, 0.29) is 0 Å². The van der Waals surface area contributed by atoms with Crippen LogP contribution >= 0.6 is 0 Å². The van der Waals surface area contributed by atoms with E-state index in [9.17, 15) is 0 Å². The van der Waals surface area contributed by atoms with E-state index in [1.165, 1.54) is 16.6 Å². The monoisotopic (exact) mass is 214 g/mol. The average molecular weight is 214 g/mol. The summed E-state index contributed by atoms with van der Waals surface area (Å²) in [7, 11) is 0. The molecule has 0 radical (unpaired) electrons. The van der Waals surface area contributed by atoms with Crippen molar-refractivity contribution < 1.29 is 0 Å². The van der Waals surface area contributed by atoms with Crippen LogP contribution in [0.2, 0.25) is 0 Å². The van der Waals surface area contributed by atoms with Gasteiger partial charge in [-0.2, -0.15) is 0 Å². The molecule has 84 valence electrons. The molecule has 1 aromatic carbocycles. The summed E-state index contributed by atoms with van der Waals surface area (Å²) < 4.78 is 0. The molecule has 0 saturated carbocycles. The lowest BCUT2D eigenvalue weighted by atomic mass is 10.1. The van der Waals surface area contributed by atoms with Crippen molar-refractivity contribution in [3.05, 3.63) is 35.5 Å². The highest BCUT2D eigenvalue weighted by molar-refractivity contribution is 5.84. The summed E-state index contributed by atoms with van der Waals surface area (Å²) in [6.45, 7) is 7.09. The van der Waals surface area contributed by atoms with Gasteiger partial charge < -0.3 is 5.32 Å². The quantitative estimate of drug-likeness (QED) is 0.725. The minimum Gasteiger partial charge on any atom is -0.384 e. The Balaban J connectivity index is 0.000000457. The number of hydrogen-bond donors (Lipinski definition) is 1. The Kier molecular flexibility index (Phi) is 3.09. The second-order valence-electron chi connectivity index (χ2n) is 3.83. The van der Waals surface area contributed by atoms with Gasteiger partial charge in [-0.15, -0.1) is 0 Å². The molecule has 1 aliphatic heterocycles. The zero-order chi connectivity index (χ0) is 11.5. The minimum absolute atomic E-state index is 1.06. The molecule has 0 bridgehead atoms. The van der Waals surface area contributed by atoms with Gasteiger partial charge in [0.05, 0.1) is 5.52 Å². The highest BCUT2D eigenvalue weighted by atomic mass is 14.9. The number of aryl methyl sites for hydroxylation is 1. The van der Waals surface area contributed by atoms with Crippen molar-refractivity contribution in [1.82, 2.24) is 4.98 Å². The lowest BCUT2D eigenvalue weighted by molar-refractivity contribution is 1.11. The van der Waals surface area contributed by atoms with E-state index in [1.54, 1.807) is 0 Å². The van der Waals surface area contributed by atoms with E-state index < -0.39 is 0 Å². The largest absolute Gasteiger partial charge is 0.384 e. The predicted octanol–water partition coefficient (Wildman–Crippen LogP) is 3.54. The highest BCUT2D eigenvalue weighted by Gasteiger charge is 2.10. The molecule has 1 aliphatic rings. The Hall–Kier alpha value is -1.57. The van der Waals surface area contributed by atoms with Gasteiger partial charge in [0.15, 0.2) is 0 Å². The van der Waals surface area contributed by atoms with E-state index in [0.717, 1.165) is 24.2 Å². The summed E-state index contributed by atoms with van der Waals surface area (Å²) in [4.78, 5) is 4.51. The van der Waals surface area contributed by atoms with E-state index in [2.05, 4.69) is 34.6 Å². The Bertz CT molecular complexity index is 503. The summed E-state index contributed by atoms with van der Waals surface area (Å²) in [6, 6.07) is 8.62. The molecule has 0 saturated heterocycles. The molecule has 0 amide bonds. The molecule has 2 aromatic rings. The summed E-state index contributed by atoms with van der Waals surface area (Å²) in [5.74, 6) is 0. The number of fused-ring (bicyclic) bond motifs is 2. The van der Waals surface area contributed by atoms with Gasteiger partial charge >= 0.3 is 0 Å². The number of hydrogen-bond acceptors (Lipinski definition) is 2.